The van der Waals surface area contributed by atoms with Crippen LogP contribution in [0.4, 0.5) is 10.3 Å². The molecule has 0 bridgehead atoms. The lowest BCUT2D eigenvalue weighted by atomic mass is 10.0. The van der Waals surface area contributed by atoms with Crippen molar-refractivity contribution in [1.82, 2.24) is 30.4 Å². The van der Waals surface area contributed by atoms with Crippen LogP contribution in [0.15, 0.2) is 43.6 Å². The lowest BCUT2D eigenvalue weighted by Gasteiger charge is -2.49. The number of nitrogens with zero attached hydrogens (tertiary/aromatic N) is 6. The van der Waals surface area contributed by atoms with Crippen LogP contribution in [0.5, 0.6) is 0 Å². The monoisotopic (exact) mass is 850 g/mol. The number of thiazole rings is 2. The maximum Gasteiger partial charge on any atom is 0.352 e. The number of ether oxygens (including phenoxy) is 1. The lowest BCUT2D eigenvalue weighted by Crippen LogP contribution is -2.71. The van der Waals surface area contributed by atoms with Crippen molar-refractivity contribution < 1.29 is 58.2 Å². The van der Waals surface area contributed by atoms with Crippen LogP contribution >= 0.6 is 46.2 Å². The number of hydrogen-bond acceptors (Lipinski definition) is 20. The Balaban J connectivity index is 1.09. The Hall–Kier alpha value is -5.73. The van der Waals surface area contributed by atoms with Gasteiger partial charge in [0.25, 0.3) is 23.6 Å². The average Bonchev–Trinajstić information content (AvgIpc) is 3.82. The summed E-state index contributed by atoms with van der Waals surface area (Å²) < 4.78 is 4.94. The summed E-state index contributed by atoms with van der Waals surface area (Å²) in [7, 11) is 2.43. The van der Waals surface area contributed by atoms with Gasteiger partial charge in [-0.05, 0) is 5.57 Å². The molecule has 0 saturated carbocycles. The number of thioether (sulfide) groups is 2. The molecule has 0 unspecified atom stereocenters. The third-order valence-corrected chi connectivity index (χ3v) is 12.4. The number of nitrogen functional groups attached to an aromatic ring is 1. The molecular weight excluding hydrogens is 821 g/mol. The van der Waals surface area contributed by atoms with Crippen molar-refractivity contribution in [3.05, 3.63) is 44.7 Å². The van der Waals surface area contributed by atoms with E-state index in [2.05, 4.69) is 36.2 Å². The van der Waals surface area contributed by atoms with E-state index in [0.717, 1.165) is 32.5 Å². The van der Waals surface area contributed by atoms with Crippen molar-refractivity contribution in [3.8, 4) is 0 Å². The largest absolute Gasteiger partial charge is 0.477 e. The number of carbonyl (C=O) groups is 7. The number of β-lactam (4-membered cyclic amide) rings is 2. The zero-order chi connectivity index (χ0) is 40.4. The SMILES string of the molecule is CO/N=C(\C(=O)N[C@@H]1C(=O)N2C(C(=O)O)=C(CNc3nc(/C(=N/OC)C(=O)N[C@@H]4C(=O)N5C(C(=O)O)=C(COC(C)=O)CS[C@H]45)cs3)CS[C@H]12)c1csc(N)n1. The zero-order valence-electron chi connectivity index (χ0n) is 29.2. The van der Waals surface area contributed by atoms with Crippen LogP contribution in [0.1, 0.15) is 18.3 Å². The molecule has 7 N–H and O–H groups in total. The first kappa shape index (κ1) is 39.9. The second kappa shape index (κ2) is 16.6. The van der Waals surface area contributed by atoms with Crippen molar-refractivity contribution in [2.24, 2.45) is 10.3 Å². The number of amides is 4. The molecule has 4 aliphatic heterocycles. The van der Waals surface area contributed by atoms with E-state index in [9.17, 15) is 43.8 Å². The number of hydrogen-bond donors (Lipinski definition) is 6. The highest BCUT2D eigenvalue weighted by molar-refractivity contribution is 8.00. The summed E-state index contributed by atoms with van der Waals surface area (Å²) in [6.07, 6.45) is 0. The van der Waals surface area contributed by atoms with Crippen LogP contribution in [0, 0.1) is 0 Å². The molecule has 2 saturated heterocycles. The number of esters is 1. The van der Waals surface area contributed by atoms with E-state index in [0.29, 0.717) is 5.57 Å². The quantitative estimate of drug-likeness (QED) is 0.0544. The molecule has 22 nitrogen and oxygen atoms in total. The number of rotatable bonds is 15. The third kappa shape index (κ3) is 7.71. The molecule has 2 aromatic rings. The van der Waals surface area contributed by atoms with Crippen molar-refractivity contribution in [2.45, 2.75) is 29.8 Å². The minimum absolute atomic E-state index is 0.0466. The van der Waals surface area contributed by atoms with Gasteiger partial charge in [-0.2, -0.15) is 0 Å². The average molecular weight is 851 g/mol. The molecule has 4 aliphatic rings. The maximum absolute atomic E-state index is 13.4. The molecule has 56 heavy (non-hydrogen) atoms. The molecule has 2 fully saturated rings. The van der Waals surface area contributed by atoms with Gasteiger partial charge in [0.05, 0.1) is 0 Å². The predicted octanol–water partition coefficient (Wildman–Crippen LogP) is -0.965. The van der Waals surface area contributed by atoms with E-state index in [1.54, 1.807) is 0 Å². The molecule has 26 heteroatoms. The number of aliphatic carboxylic acids is 2. The molecule has 6 rings (SSSR count). The van der Waals surface area contributed by atoms with Gasteiger partial charge in [-0.15, -0.1) is 46.2 Å². The van der Waals surface area contributed by atoms with Crippen LogP contribution in [-0.4, -0.2) is 145 Å². The number of fused-ring (bicyclic) bond motifs is 2. The van der Waals surface area contributed by atoms with Gasteiger partial charge in [-0.1, -0.05) is 10.3 Å². The van der Waals surface area contributed by atoms with Crippen LogP contribution in [0.3, 0.4) is 0 Å². The first-order valence-electron chi connectivity index (χ1n) is 15.9. The van der Waals surface area contributed by atoms with Crippen LogP contribution in [-0.2, 0) is 48.0 Å². The van der Waals surface area contributed by atoms with Crippen molar-refractivity contribution >= 4 is 109 Å². The fourth-order valence-electron chi connectivity index (χ4n) is 5.86. The second-order valence-corrected chi connectivity index (χ2v) is 15.7. The van der Waals surface area contributed by atoms with Crippen molar-refractivity contribution in [2.75, 3.05) is 49.9 Å². The molecule has 0 spiro atoms. The zero-order valence-corrected chi connectivity index (χ0v) is 32.4. The number of anilines is 2. The normalized spacial score (nSPS) is 22.0. The number of carboxylic acid groups (broad SMARTS) is 2. The predicted molar refractivity (Wildman–Crippen MR) is 200 cm³/mol. The summed E-state index contributed by atoms with van der Waals surface area (Å²) >= 11 is 4.55. The van der Waals surface area contributed by atoms with Gasteiger partial charge < -0.3 is 46.3 Å². The fraction of sp³-hybridized carbons (Fsp3) is 0.367. The summed E-state index contributed by atoms with van der Waals surface area (Å²) in [4.78, 5) is 109. The second-order valence-electron chi connectivity index (χ2n) is 11.7. The Morgan fingerprint density at radius 1 is 0.839 bits per heavy atom. The van der Waals surface area contributed by atoms with Crippen LogP contribution < -0.4 is 21.7 Å². The smallest absolute Gasteiger partial charge is 0.352 e. The Morgan fingerprint density at radius 3 is 1.82 bits per heavy atom. The van der Waals surface area contributed by atoms with E-state index >= 15 is 0 Å². The number of nitrogens with two attached hydrogens (primary N) is 1. The summed E-state index contributed by atoms with van der Waals surface area (Å²) in [5.74, 6) is -6.00. The molecule has 0 aliphatic carbocycles. The van der Waals surface area contributed by atoms with Gasteiger partial charge in [0.1, 0.15) is 66.4 Å². The van der Waals surface area contributed by atoms with Gasteiger partial charge in [-0.3, -0.25) is 33.8 Å². The number of carboxylic acids is 2. The maximum atomic E-state index is 13.4. The molecular formula is C30H30N10O12S4. The van der Waals surface area contributed by atoms with Crippen LogP contribution in [0.25, 0.3) is 0 Å². The molecule has 4 atom stereocenters. The van der Waals surface area contributed by atoms with Gasteiger partial charge in [-0.25, -0.2) is 19.6 Å². The standard InChI is InChI=1S/C30H30N10O12S4/c1-10(41)52-5-12-7-54-26-18(24(45)40(26)20(12)28(48)49)36-22(43)16(38-51-3)14-9-56-30(34-14)32-4-11-6-53-25-17(23(44)39(25)19(11)27(46)47)35-21(42)15(37-50-2)13-8-55-29(31)33-13/h8-9,17-18,25-26H,4-7H2,1-3H3,(H2,31,33)(H,32,34)(H,35,42)(H,36,43)(H,46,47)(H,48,49)/b37-15-,38-16-/t17-,18-,25-,26-/m1/s1. The van der Waals surface area contributed by atoms with E-state index in [1.165, 1.54) is 55.4 Å². The van der Waals surface area contributed by atoms with Crippen molar-refractivity contribution in [3.63, 3.8) is 0 Å². The van der Waals surface area contributed by atoms with Crippen molar-refractivity contribution in [1.29, 1.82) is 0 Å². The first-order valence-corrected chi connectivity index (χ1v) is 19.8. The number of aromatic nitrogens is 2. The van der Waals surface area contributed by atoms with Gasteiger partial charge >= 0.3 is 17.9 Å². The third-order valence-electron chi connectivity index (χ3n) is 8.28. The Labute approximate surface area is 331 Å². The molecule has 296 valence electrons. The highest BCUT2D eigenvalue weighted by atomic mass is 32.2. The van der Waals surface area contributed by atoms with Gasteiger partial charge in [0.15, 0.2) is 21.7 Å². The minimum Gasteiger partial charge on any atom is -0.477 e. The summed E-state index contributed by atoms with van der Waals surface area (Å²) in [5.41, 5.74) is 5.36. The minimum atomic E-state index is -1.39. The molecule has 2 aromatic heterocycles. The van der Waals surface area contributed by atoms with Crippen LogP contribution in [0.2, 0.25) is 0 Å². The van der Waals surface area contributed by atoms with E-state index in [1.807, 2.05) is 0 Å². The summed E-state index contributed by atoms with van der Waals surface area (Å²) in [5, 5.41) is 37.5. The number of carbonyl (C=O) groups excluding carboxylic acids is 5. The van der Waals surface area contributed by atoms with E-state index in [-0.39, 0.29) is 74.7 Å². The highest BCUT2D eigenvalue weighted by Crippen LogP contribution is 2.42. The Kier molecular flexibility index (Phi) is 11.8. The Bertz CT molecular complexity index is 2150. The molecule has 6 heterocycles. The van der Waals surface area contributed by atoms with Gasteiger partial charge in [0, 0.05) is 41.3 Å². The molecule has 0 radical (unpaired) electrons. The van der Waals surface area contributed by atoms with E-state index in [4.69, 9.17) is 20.1 Å². The molecule has 4 amide bonds. The summed E-state index contributed by atoms with van der Waals surface area (Å²) in [6.45, 7) is 0.817. The lowest BCUT2D eigenvalue weighted by molar-refractivity contribution is -0.150. The highest BCUT2D eigenvalue weighted by Gasteiger charge is 2.56. The van der Waals surface area contributed by atoms with Gasteiger partial charge in [0.2, 0.25) is 0 Å². The molecule has 0 aromatic carbocycles. The summed E-state index contributed by atoms with van der Waals surface area (Å²) in [6, 6.07) is -2.17. The first-order chi connectivity index (χ1) is 26.7. The fourth-order valence-corrected chi connectivity index (χ4v) is 9.77. The Morgan fingerprint density at radius 2 is 1.34 bits per heavy atom. The number of oxime groups is 2. The number of nitrogens with one attached hydrogen (secondary N) is 3. The topological polar surface area (TPSA) is 307 Å². The van der Waals surface area contributed by atoms with E-state index < -0.39 is 64.4 Å².